The summed E-state index contributed by atoms with van der Waals surface area (Å²) in [5.74, 6) is -0.464. The fraction of sp³-hybridized carbons (Fsp3) is 0.357. The van der Waals surface area contributed by atoms with Crippen molar-refractivity contribution in [2.75, 3.05) is 0 Å². The fourth-order valence-corrected chi connectivity index (χ4v) is 1.42. The van der Waals surface area contributed by atoms with Crippen LogP contribution in [0.3, 0.4) is 0 Å². The van der Waals surface area contributed by atoms with E-state index in [0.29, 0.717) is 5.75 Å². The monoisotopic (exact) mass is 234 g/mol. The lowest BCUT2D eigenvalue weighted by Gasteiger charge is -2.05. The molecule has 0 spiro atoms. The Hall–Kier alpha value is -1.77. The minimum Gasteiger partial charge on any atom is -0.475 e. The summed E-state index contributed by atoms with van der Waals surface area (Å²) in [6.07, 6.45) is 5.60. The van der Waals surface area contributed by atoms with Gasteiger partial charge in [0.1, 0.15) is 5.75 Å². The van der Waals surface area contributed by atoms with Gasteiger partial charge in [-0.3, -0.25) is 0 Å². The molecule has 0 radical (unpaired) electrons. The van der Waals surface area contributed by atoms with E-state index in [9.17, 15) is 4.79 Å². The Morgan fingerprint density at radius 2 is 2.00 bits per heavy atom. The highest BCUT2D eigenvalue weighted by Crippen LogP contribution is 2.14. The Morgan fingerprint density at radius 3 is 2.59 bits per heavy atom. The first-order chi connectivity index (χ1) is 8.24. The van der Waals surface area contributed by atoms with Gasteiger partial charge in [-0.1, -0.05) is 38.0 Å². The molecule has 0 saturated carbocycles. The lowest BCUT2D eigenvalue weighted by molar-refractivity contribution is -0.135. The summed E-state index contributed by atoms with van der Waals surface area (Å²) in [5.41, 5.74) is 0. The minimum absolute atomic E-state index is 0.00676. The van der Waals surface area contributed by atoms with Gasteiger partial charge in [0.25, 0.3) is 0 Å². The molecule has 0 unspecified atom stereocenters. The summed E-state index contributed by atoms with van der Waals surface area (Å²) in [5, 5.41) is 9.00. The van der Waals surface area contributed by atoms with Crippen LogP contribution in [0, 0.1) is 0 Å². The average molecular weight is 234 g/mol. The summed E-state index contributed by atoms with van der Waals surface area (Å²) < 4.78 is 5.32. The average Bonchev–Trinajstić information content (AvgIpc) is 2.34. The molecular weight excluding hydrogens is 216 g/mol. The van der Waals surface area contributed by atoms with Crippen LogP contribution in [0.2, 0.25) is 0 Å². The van der Waals surface area contributed by atoms with E-state index in [1.807, 2.05) is 18.2 Å². The van der Waals surface area contributed by atoms with Gasteiger partial charge >= 0.3 is 5.97 Å². The predicted octanol–water partition coefficient (Wildman–Crippen LogP) is 3.61. The molecule has 92 valence electrons. The van der Waals surface area contributed by atoms with Crippen molar-refractivity contribution in [1.82, 2.24) is 0 Å². The Balaban J connectivity index is 2.57. The van der Waals surface area contributed by atoms with Crippen molar-refractivity contribution in [2.45, 2.75) is 32.6 Å². The van der Waals surface area contributed by atoms with Gasteiger partial charge in [-0.25, -0.2) is 4.79 Å². The zero-order valence-corrected chi connectivity index (χ0v) is 10.1. The molecule has 0 saturated heterocycles. The van der Waals surface area contributed by atoms with Crippen molar-refractivity contribution in [3.8, 4) is 5.75 Å². The molecule has 3 nitrogen and oxygen atoms in total. The van der Waals surface area contributed by atoms with E-state index in [1.165, 1.54) is 0 Å². The summed E-state index contributed by atoms with van der Waals surface area (Å²) in [6.45, 7) is 2.11. The first kappa shape index (κ1) is 13.3. The molecule has 0 amide bonds. The van der Waals surface area contributed by atoms with Crippen molar-refractivity contribution in [1.29, 1.82) is 0 Å². The third kappa shape index (κ3) is 5.20. The number of carbonyl (C=O) groups is 1. The van der Waals surface area contributed by atoms with Gasteiger partial charge in [-0.15, -0.1) is 0 Å². The molecule has 3 heteroatoms. The number of aliphatic carboxylic acids is 1. The standard InChI is InChI=1S/C14H18O3/c1-2-3-4-8-11-13(14(15)16)17-12-9-6-5-7-10-12/h5-7,9-11H,2-4,8H2,1H3,(H,15,16)/b13-11-. The first-order valence-electron chi connectivity index (χ1n) is 5.90. The molecule has 1 aromatic rings. The first-order valence-corrected chi connectivity index (χ1v) is 5.90. The Morgan fingerprint density at radius 1 is 1.29 bits per heavy atom. The topological polar surface area (TPSA) is 46.5 Å². The van der Waals surface area contributed by atoms with Crippen LogP contribution in [-0.2, 0) is 4.79 Å². The maximum atomic E-state index is 11.0. The van der Waals surface area contributed by atoms with Crippen LogP contribution in [0.1, 0.15) is 32.6 Å². The van der Waals surface area contributed by atoms with Crippen molar-refractivity contribution in [3.05, 3.63) is 42.2 Å². The van der Waals surface area contributed by atoms with E-state index >= 15 is 0 Å². The summed E-state index contributed by atoms with van der Waals surface area (Å²) in [6, 6.07) is 8.96. The Bertz CT molecular complexity index is 368. The number of carboxylic acids is 1. The van der Waals surface area contributed by atoms with Gasteiger partial charge in [-0.2, -0.15) is 0 Å². The van der Waals surface area contributed by atoms with Crippen LogP contribution < -0.4 is 4.74 Å². The molecule has 1 rings (SSSR count). The van der Waals surface area contributed by atoms with Crippen molar-refractivity contribution in [3.63, 3.8) is 0 Å². The lowest BCUT2D eigenvalue weighted by atomic mass is 10.2. The number of unbranched alkanes of at least 4 members (excludes halogenated alkanes) is 3. The number of hydrogen-bond acceptors (Lipinski definition) is 2. The molecule has 0 fully saturated rings. The molecule has 0 aliphatic heterocycles. The quantitative estimate of drug-likeness (QED) is 0.445. The van der Waals surface area contributed by atoms with E-state index in [2.05, 4.69) is 6.92 Å². The van der Waals surface area contributed by atoms with Crippen LogP contribution in [0.25, 0.3) is 0 Å². The summed E-state index contributed by atoms with van der Waals surface area (Å²) >= 11 is 0. The maximum Gasteiger partial charge on any atom is 0.371 e. The smallest absolute Gasteiger partial charge is 0.371 e. The number of carboxylic acid groups (broad SMARTS) is 1. The van der Waals surface area contributed by atoms with Crippen molar-refractivity contribution >= 4 is 5.97 Å². The van der Waals surface area contributed by atoms with Gasteiger partial charge in [0.2, 0.25) is 5.76 Å². The van der Waals surface area contributed by atoms with E-state index in [4.69, 9.17) is 9.84 Å². The molecule has 0 aliphatic rings. The van der Waals surface area contributed by atoms with Crippen LogP contribution in [0.4, 0.5) is 0 Å². The second-order valence-corrected chi connectivity index (χ2v) is 3.78. The largest absolute Gasteiger partial charge is 0.475 e. The van der Waals surface area contributed by atoms with Gasteiger partial charge in [0.05, 0.1) is 0 Å². The molecular formula is C14H18O3. The van der Waals surface area contributed by atoms with E-state index < -0.39 is 5.97 Å². The number of benzene rings is 1. The van der Waals surface area contributed by atoms with Gasteiger partial charge in [0.15, 0.2) is 0 Å². The highest BCUT2D eigenvalue weighted by Gasteiger charge is 2.08. The highest BCUT2D eigenvalue weighted by atomic mass is 16.5. The lowest BCUT2D eigenvalue weighted by Crippen LogP contribution is -2.07. The van der Waals surface area contributed by atoms with E-state index in [-0.39, 0.29) is 5.76 Å². The number of rotatable bonds is 7. The Labute approximate surface area is 102 Å². The molecule has 0 aliphatic carbocycles. The number of ether oxygens (including phenoxy) is 1. The van der Waals surface area contributed by atoms with Crippen LogP contribution in [0.5, 0.6) is 5.75 Å². The maximum absolute atomic E-state index is 11.0. The molecule has 17 heavy (non-hydrogen) atoms. The van der Waals surface area contributed by atoms with Crippen LogP contribution in [-0.4, -0.2) is 11.1 Å². The fourth-order valence-electron chi connectivity index (χ4n) is 1.42. The molecule has 1 aromatic carbocycles. The zero-order chi connectivity index (χ0) is 12.5. The second kappa shape index (κ2) is 7.49. The molecule has 1 N–H and O–H groups in total. The van der Waals surface area contributed by atoms with Crippen LogP contribution in [0.15, 0.2) is 42.2 Å². The molecule has 0 atom stereocenters. The van der Waals surface area contributed by atoms with Gasteiger partial charge in [-0.05, 0) is 31.1 Å². The van der Waals surface area contributed by atoms with Gasteiger partial charge < -0.3 is 9.84 Å². The van der Waals surface area contributed by atoms with E-state index in [0.717, 1.165) is 25.7 Å². The normalized spacial score (nSPS) is 11.2. The molecule has 0 heterocycles. The van der Waals surface area contributed by atoms with E-state index in [1.54, 1.807) is 18.2 Å². The third-order valence-electron chi connectivity index (χ3n) is 2.32. The predicted molar refractivity (Wildman–Crippen MR) is 66.9 cm³/mol. The van der Waals surface area contributed by atoms with Gasteiger partial charge in [0, 0.05) is 0 Å². The molecule has 0 bridgehead atoms. The minimum atomic E-state index is -1.02. The third-order valence-corrected chi connectivity index (χ3v) is 2.32. The summed E-state index contributed by atoms with van der Waals surface area (Å²) in [4.78, 5) is 11.0. The number of hydrogen-bond donors (Lipinski definition) is 1. The second-order valence-electron chi connectivity index (χ2n) is 3.78. The SMILES string of the molecule is CCCCC/C=C(\Oc1ccccc1)C(=O)O. The van der Waals surface area contributed by atoms with Crippen molar-refractivity contribution in [2.24, 2.45) is 0 Å². The number of allylic oxidation sites excluding steroid dienone is 1. The van der Waals surface area contributed by atoms with Crippen molar-refractivity contribution < 1.29 is 14.6 Å². The highest BCUT2D eigenvalue weighted by molar-refractivity contribution is 5.84. The molecule has 0 aromatic heterocycles. The zero-order valence-electron chi connectivity index (χ0n) is 10.1. The van der Waals surface area contributed by atoms with Crippen LogP contribution >= 0.6 is 0 Å². The summed E-state index contributed by atoms with van der Waals surface area (Å²) in [7, 11) is 0. The number of para-hydroxylation sites is 1. The Kier molecular flexibility index (Phi) is 5.86.